The predicted molar refractivity (Wildman–Crippen MR) is 90.8 cm³/mol. The third-order valence-corrected chi connectivity index (χ3v) is 7.37. The first-order valence-corrected chi connectivity index (χ1v) is 10.1. The van der Waals surface area contributed by atoms with E-state index in [2.05, 4.69) is 6.07 Å². The molecule has 24 heavy (non-hydrogen) atoms. The van der Waals surface area contributed by atoms with E-state index in [1.165, 1.54) is 6.07 Å². The maximum absolute atomic E-state index is 13.1. The minimum Gasteiger partial charge on any atom is -0.393 e. The van der Waals surface area contributed by atoms with Gasteiger partial charge in [0.15, 0.2) is 0 Å². The Morgan fingerprint density at radius 2 is 1.96 bits per heavy atom. The van der Waals surface area contributed by atoms with Gasteiger partial charge >= 0.3 is 0 Å². The van der Waals surface area contributed by atoms with Crippen molar-refractivity contribution in [1.29, 1.82) is 5.26 Å². The van der Waals surface area contributed by atoms with Gasteiger partial charge < -0.3 is 5.11 Å². The van der Waals surface area contributed by atoms with Gasteiger partial charge in [-0.2, -0.15) is 9.57 Å². The Labute approximate surface area is 144 Å². The molecule has 0 unspecified atom stereocenters. The lowest BCUT2D eigenvalue weighted by molar-refractivity contribution is 0.0386. The van der Waals surface area contributed by atoms with Gasteiger partial charge in [-0.15, -0.1) is 0 Å². The van der Waals surface area contributed by atoms with Crippen molar-refractivity contribution < 1.29 is 13.5 Å². The highest BCUT2D eigenvalue weighted by molar-refractivity contribution is 7.89. The highest BCUT2D eigenvalue weighted by Crippen LogP contribution is 2.37. The number of benzene rings is 1. The number of nitriles is 1. The molecule has 0 bridgehead atoms. The lowest BCUT2D eigenvalue weighted by atomic mass is 9.81. The maximum Gasteiger partial charge on any atom is 0.243 e. The molecular formula is C18H24N2O3S. The SMILES string of the molecule is Cc1cc(S(=O)(=O)N2CCC[C@@H]2[C@@H]2CCCC[C@@H]2O)ccc1C#N. The number of aryl methyl sites for hydroxylation is 1. The molecule has 130 valence electrons. The van der Waals surface area contributed by atoms with Gasteiger partial charge in [-0.1, -0.05) is 12.8 Å². The Bertz CT molecular complexity index is 754. The largest absolute Gasteiger partial charge is 0.393 e. The molecule has 5 nitrogen and oxygen atoms in total. The molecule has 1 aromatic carbocycles. The van der Waals surface area contributed by atoms with Crippen LogP contribution in [0.4, 0.5) is 0 Å². The first kappa shape index (κ1) is 17.4. The van der Waals surface area contributed by atoms with Crippen LogP contribution in [0.3, 0.4) is 0 Å². The summed E-state index contributed by atoms with van der Waals surface area (Å²) in [5, 5.41) is 19.4. The lowest BCUT2D eigenvalue weighted by Crippen LogP contribution is -2.45. The topological polar surface area (TPSA) is 81.4 Å². The molecular weight excluding hydrogens is 324 g/mol. The molecule has 1 saturated heterocycles. The highest BCUT2D eigenvalue weighted by atomic mass is 32.2. The van der Waals surface area contributed by atoms with E-state index in [4.69, 9.17) is 5.26 Å². The number of hydrogen-bond donors (Lipinski definition) is 1. The van der Waals surface area contributed by atoms with E-state index in [9.17, 15) is 13.5 Å². The summed E-state index contributed by atoms with van der Waals surface area (Å²) in [6.45, 7) is 2.26. The first-order chi connectivity index (χ1) is 11.4. The van der Waals surface area contributed by atoms with Crippen molar-refractivity contribution in [2.24, 2.45) is 5.92 Å². The van der Waals surface area contributed by atoms with Crippen molar-refractivity contribution in [3.8, 4) is 6.07 Å². The fourth-order valence-electron chi connectivity index (χ4n) is 4.14. The number of hydrogen-bond acceptors (Lipinski definition) is 4. The molecule has 1 N–H and O–H groups in total. The zero-order chi connectivity index (χ0) is 17.3. The maximum atomic E-state index is 13.1. The summed E-state index contributed by atoms with van der Waals surface area (Å²) in [4.78, 5) is 0.246. The Balaban J connectivity index is 1.91. The lowest BCUT2D eigenvalue weighted by Gasteiger charge is -2.36. The number of sulfonamides is 1. The van der Waals surface area contributed by atoms with Gasteiger partial charge in [-0.05, 0) is 56.4 Å². The second-order valence-electron chi connectivity index (χ2n) is 6.93. The summed E-state index contributed by atoms with van der Waals surface area (Å²) >= 11 is 0. The summed E-state index contributed by atoms with van der Waals surface area (Å²) in [6.07, 6.45) is 4.99. The van der Waals surface area contributed by atoms with E-state index in [-0.39, 0.29) is 16.9 Å². The summed E-state index contributed by atoms with van der Waals surface area (Å²) in [5.41, 5.74) is 1.17. The molecule has 2 fully saturated rings. The van der Waals surface area contributed by atoms with Gasteiger partial charge in [0.25, 0.3) is 0 Å². The van der Waals surface area contributed by atoms with E-state index in [0.717, 1.165) is 38.5 Å². The molecule has 1 heterocycles. The second-order valence-corrected chi connectivity index (χ2v) is 8.82. The van der Waals surface area contributed by atoms with Crippen LogP contribution in [-0.2, 0) is 10.0 Å². The molecule has 0 aromatic heterocycles. The number of rotatable bonds is 3. The summed E-state index contributed by atoms with van der Waals surface area (Å²) < 4.78 is 27.8. The normalized spacial score (nSPS) is 28.6. The van der Waals surface area contributed by atoms with Crippen LogP contribution in [0, 0.1) is 24.2 Å². The molecule has 6 heteroatoms. The first-order valence-electron chi connectivity index (χ1n) is 8.66. The van der Waals surface area contributed by atoms with Gasteiger partial charge in [0.1, 0.15) is 0 Å². The van der Waals surface area contributed by atoms with E-state index >= 15 is 0 Å². The van der Waals surface area contributed by atoms with Gasteiger partial charge in [-0.25, -0.2) is 8.42 Å². The van der Waals surface area contributed by atoms with Crippen LogP contribution in [0.5, 0.6) is 0 Å². The van der Waals surface area contributed by atoms with Crippen molar-refractivity contribution >= 4 is 10.0 Å². The minimum absolute atomic E-state index is 0.0375. The molecule has 0 amide bonds. The standard InChI is InChI=1S/C18H24N2O3S/c1-13-11-15(9-8-14(13)12-19)24(22,23)20-10-4-6-17(20)16-5-2-3-7-18(16)21/h8-9,11,16-18,21H,2-7,10H2,1H3/t16-,17+,18-/m0/s1. The zero-order valence-corrected chi connectivity index (χ0v) is 14.8. The fourth-order valence-corrected chi connectivity index (χ4v) is 5.96. The average molecular weight is 348 g/mol. The molecule has 3 rings (SSSR count). The molecule has 1 aliphatic carbocycles. The molecule has 2 aliphatic rings. The second kappa shape index (κ2) is 6.83. The smallest absolute Gasteiger partial charge is 0.243 e. The fraction of sp³-hybridized carbons (Fsp3) is 0.611. The third-order valence-electron chi connectivity index (χ3n) is 5.45. The zero-order valence-electron chi connectivity index (χ0n) is 14.0. The monoisotopic (exact) mass is 348 g/mol. The van der Waals surface area contributed by atoms with Gasteiger partial charge in [0, 0.05) is 18.5 Å². The van der Waals surface area contributed by atoms with Crippen molar-refractivity contribution in [3.05, 3.63) is 29.3 Å². The summed E-state index contributed by atoms with van der Waals surface area (Å²) in [5.74, 6) is 0.0375. The molecule has 1 aromatic rings. The average Bonchev–Trinajstić information content (AvgIpc) is 3.05. The summed E-state index contributed by atoms with van der Waals surface area (Å²) in [6, 6.07) is 6.64. The van der Waals surface area contributed by atoms with Crippen molar-refractivity contribution in [3.63, 3.8) is 0 Å². The van der Waals surface area contributed by atoms with Crippen molar-refractivity contribution in [2.45, 2.75) is 62.5 Å². The van der Waals surface area contributed by atoms with Crippen LogP contribution < -0.4 is 0 Å². The van der Waals surface area contributed by atoms with Crippen LogP contribution in [-0.4, -0.2) is 36.5 Å². The molecule has 0 spiro atoms. The van der Waals surface area contributed by atoms with Crippen LogP contribution in [0.2, 0.25) is 0 Å². The van der Waals surface area contributed by atoms with Gasteiger partial charge in [-0.3, -0.25) is 0 Å². The summed E-state index contributed by atoms with van der Waals surface area (Å²) in [7, 11) is -3.60. The Morgan fingerprint density at radius 3 is 2.62 bits per heavy atom. The minimum atomic E-state index is -3.60. The van der Waals surface area contributed by atoms with Crippen molar-refractivity contribution in [2.75, 3.05) is 6.54 Å². The van der Waals surface area contributed by atoms with Gasteiger partial charge in [0.2, 0.25) is 10.0 Å². The molecule has 3 atom stereocenters. The Hall–Kier alpha value is -1.42. The van der Waals surface area contributed by atoms with Crippen LogP contribution in [0.25, 0.3) is 0 Å². The molecule has 1 aliphatic heterocycles. The van der Waals surface area contributed by atoms with E-state index in [1.807, 2.05) is 0 Å². The third kappa shape index (κ3) is 3.08. The Kier molecular flexibility index (Phi) is 4.95. The number of nitrogens with zero attached hydrogens (tertiary/aromatic N) is 2. The Morgan fingerprint density at radius 1 is 1.21 bits per heavy atom. The quantitative estimate of drug-likeness (QED) is 0.910. The van der Waals surface area contributed by atoms with Crippen LogP contribution in [0.15, 0.2) is 23.1 Å². The van der Waals surface area contributed by atoms with Crippen LogP contribution in [0.1, 0.15) is 49.7 Å². The molecule has 0 radical (unpaired) electrons. The number of aliphatic hydroxyl groups excluding tert-OH is 1. The van der Waals surface area contributed by atoms with Crippen molar-refractivity contribution in [1.82, 2.24) is 4.31 Å². The van der Waals surface area contributed by atoms with E-state index < -0.39 is 16.1 Å². The van der Waals surface area contributed by atoms with Gasteiger partial charge in [0.05, 0.1) is 22.6 Å². The van der Waals surface area contributed by atoms with E-state index in [0.29, 0.717) is 17.7 Å². The molecule has 1 saturated carbocycles. The van der Waals surface area contributed by atoms with Crippen LogP contribution >= 0.6 is 0 Å². The number of aliphatic hydroxyl groups is 1. The van der Waals surface area contributed by atoms with E-state index in [1.54, 1.807) is 23.4 Å². The highest BCUT2D eigenvalue weighted by Gasteiger charge is 2.42. The predicted octanol–water partition coefficient (Wildman–Crippen LogP) is 2.57.